The van der Waals surface area contributed by atoms with Gasteiger partial charge in [-0.15, -0.1) is 0 Å². The summed E-state index contributed by atoms with van der Waals surface area (Å²) in [5.41, 5.74) is 2.16. The number of piperazine rings is 1. The molecule has 4 rings (SSSR count). The fraction of sp³-hybridized carbons (Fsp3) is 0.348. The van der Waals surface area contributed by atoms with E-state index in [0.717, 1.165) is 15.4 Å². The van der Waals surface area contributed by atoms with Gasteiger partial charge in [-0.3, -0.25) is 4.79 Å². The third-order valence-electron chi connectivity index (χ3n) is 6.05. The number of ether oxygens (including phenoxy) is 1. The Labute approximate surface area is 227 Å². The molecule has 0 aliphatic carbocycles. The van der Waals surface area contributed by atoms with Crippen molar-refractivity contribution in [3.05, 3.63) is 52.6 Å². The number of anilines is 1. The van der Waals surface area contributed by atoms with Gasteiger partial charge in [-0.05, 0) is 42.3 Å². The summed E-state index contributed by atoms with van der Waals surface area (Å²) >= 11 is 20.7. The van der Waals surface area contributed by atoms with Crippen molar-refractivity contribution >= 4 is 83.3 Å². The highest BCUT2D eigenvalue weighted by Gasteiger charge is 2.37. The van der Waals surface area contributed by atoms with Crippen molar-refractivity contribution in [1.82, 2.24) is 8.87 Å². The van der Waals surface area contributed by atoms with E-state index in [0.29, 0.717) is 49.6 Å². The Morgan fingerprint density at radius 2 is 1.77 bits per heavy atom. The maximum atomic E-state index is 13.8. The summed E-state index contributed by atoms with van der Waals surface area (Å²) < 4.78 is 33.2. The van der Waals surface area contributed by atoms with Crippen LogP contribution < -0.4 is 9.64 Å². The molecule has 0 N–H and O–H groups in total. The Kier molecular flexibility index (Phi) is 7.56. The van der Waals surface area contributed by atoms with Crippen LogP contribution in [0.5, 0.6) is 5.75 Å². The molecule has 3 aromatic rings. The third-order valence-corrected chi connectivity index (χ3v) is 8.70. The number of alkyl halides is 3. The SMILES string of the molecule is CCc1cn(S(=O)(=O)c2ccc(OC)c(N3CCN(C(=O)C(Cl)(Cl)Cl)CC3)c2)c2cc(Br)ccc12. The molecule has 1 saturated heterocycles. The first-order chi connectivity index (χ1) is 16.5. The molecule has 0 atom stereocenters. The Morgan fingerprint density at radius 3 is 2.37 bits per heavy atom. The average Bonchev–Trinajstić information content (AvgIpc) is 3.21. The zero-order valence-corrected chi connectivity index (χ0v) is 23.6. The van der Waals surface area contributed by atoms with E-state index in [9.17, 15) is 13.2 Å². The average molecular weight is 624 g/mol. The molecule has 0 saturated carbocycles. The van der Waals surface area contributed by atoms with Crippen molar-refractivity contribution in [2.24, 2.45) is 0 Å². The fourth-order valence-electron chi connectivity index (χ4n) is 4.24. The second kappa shape index (κ2) is 10.0. The van der Waals surface area contributed by atoms with Gasteiger partial charge in [-0.25, -0.2) is 12.4 Å². The quantitative estimate of drug-likeness (QED) is 0.364. The second-order valence-corrected chi connectivity index (χ2v) is 13.1. The van der Waals surface area contributed by atoms with Gasteiger partial charge >= 0.3 is 0 Å². The Morgan fingerprint density at radius 1 is 1.09 bits per heavy atom. The monoisotopic (exact) mass is 621 g/mol. The molecule has 0 spiro atoms. The number of amides is 1. The molecule has 1 aromatic heterocycles. The van der Waals surface area contributed by atoms with E-state index in [4.69, 9.17) is 39.5 Å². The van der Waals surface area contributed by atoms with E-state index in [1.807, 2.05) is 24.0 Å². The number of carbonyl (C=O) groups is 1. The van der Waals surface area contributed by atoms with E-state index in [-0.39, 0.29) is 4.90 Å². The molecule has 7 nitrogen and oxygen atoms in total. The maximum absolute atomic E-state index is 13.8. The molecule has 1 amide bonds. The molecule has 1 aliphatic heterocycles. The Hall–Kier alpha value is -1.65. The van der Waals surface area contributed by atoms with Crippen LogP contribution in [-0.4, -0.2) is 60.3 Å². The smallest absolute Gasteiger partial charge is 0.274 e. The normalized spacial score (nSPS) is 15.0. The minimum atomic E-state index is -3.90. The predicted octanol–water partition coefficient (Wildman–Crippen LogP) is 5.23. The zero-order chi connectivity index (χ0) is 25.5. The van der Waals surface area contributed by atoms with Gasteiger partial charge in [0.15, 0.2) is 0 Å². The predicted molar refractivity (Wildman–Crippen MR) is 144 cm³/mol. The largest absolute Gasteiger partial charge is 0.495 e. The number of carbonyl (C=O) groups excluding carboxylic acids is 1. The molecule has 0 radical (unpaired) electrons. The van der Waals surface area contributed by atoms with Crippen molar-refractivity contribution in [2.45, 2.75) is 22.0 Å². The molecule has 35 heavy (non-hydrogen) atoms. The highest BCUT2D eigenvalue weighted by molar-refractivity contribution is 9.10. The number of halogens is 4. The summed E-state index contributed by atoms with van der Waals surface area (Å²) in [5.74, 6) is -0.0534. The van der Waals surface area contributed by atoms with E-state index in [1.54, 1.807) is 24.4 Å². The van der Waals surface area contributed by atoms with Gasteiger partial charge in [-0.2, -0.15) is 0 Å². The molecule has 2 aromatic carbocycles. The number of hydrogen-bond donors (Lipinski definition) is 0. The van der Waals surface area contributed by atoms with Crippen LogP contribution in [0.4, 0.5) is 5.69 Å². The highest BCUT2D eigenvalue weighted by Crippen LogP contribution is 2.35. The number of aryl methyl sites for hydroxylation is 1. The van der Waals surface area contributed by atoms with Crippen LogP contribution in [0.1, 0.15) is 12.5 Å². The van der Waals surface area contributed by atoms with Gasteiger partial charge in [0.25, 0.3) is 19.7 Å². The van der Waals surface area contributed by atoms with Crippen molar-refractivity contribution in [3.63, 3.8) is 0 Å². The van der Waals surface area contributed by atoms with Crippen LogP contribution in [0.3, 0.4) is 0 Å². The molecular weight excluding hydrogens is 601 g/mol. The molecule has 1 fully saturated rings. The van der Waals surface area contributed by atoms with Gasteiger partial charge in [-0.1, -0.05) is 63.7 Å². The minimum Gasteiger partial charge on any atom is -0.495 e. The number of nitrogens with zero attached hydrogens (tertiary/aromatic N) is 3. The summed E-state index contributed by atoms with van der Waals surface area (Å²) in [7, 11) is -2.38. The van der Waals surface area contributed by atoms with E-state index < -0.39 is 19.7 Å². The van der Waals surface area contributed by atoms with Crippen LogP contribution in [-0.2, 0) is 21.2 Å². The highest BCUT2D eigenvalue weighted by atomic mass is 79.9. The molecule has 0 unspecified atom stereocenters. The van der Waals surface area contributed by atoms with Crippen LogP contribution in [0.25, 0.3) is 10.9 Å². The number of fused-ring (bicyclic) bond motifs is 1. The lowest BCUT2D eigenvalue weighted by Crippen LogP contribution is -2.51. The summed E-state index contributed by atoms with van der Waals surface area (Å²) in [4.78, 5) is 15.9. The van der Waals surface area contributed by atoms with Crippen LogP contribution in [0.2, 0.25) is 0 Å². The molecule has 12 heteroatoms. The fourth-order valence-corrected chi connectivity index (χ4v) is 6.35. The van der Waals surface area contributed by atoms with E-state index >= 15 is 0 Å². The van der Waals surface area contributed by atoms with Gasteiger partial charge in [0, 0.05) is 42.2 Å². The zero-order valence-electron chi connectivity index (χ0n) is 19.0. The van der Waals surface area contributed by atoms with Crippen LogP contribution in [0, 0.1) is 0 Å². The second-order valence-electron chi connectivity index (χ2n) is 8.08. The number of hydrogen-bond acceptors (Lipinski definition) is 5. The van der Waals surface area contributed by atoms with E-state index in [1.165, 1.54) is 22.0 Å². The molecule has 188 valence electrons. The first-order valence-electron chi connectivity index (χ1n) is 10.8. The van der Waals surface area contributed by atoms with Gasteiger partial charge in [0.2, 0.25) is 0 Å². The van der Waals surface area contributed by atoms with Gasteiger partial charge < -0.3 is 14.5 Å². The third kappa shape index (κ3) is 5.11. The first kappa shape index (κ1) is 26.4. The van der Waals surface area contributed by atoms with Gasteiger partial charge in [0.05, 0.1) is 23.2 Å². The van der Waals surface area contributed by atoms with E-state index in [2.05, 4.69) is 15.9 Å². The summed E-state index contributed by atoms with van der Waals surface area (Å²) in [5, 5.41) is 0.891. The lowest BCUT2D eigenvalue weighted by Gasteiger charge is -2.37. The van der Waals surface area contributed by atoms with Crippen molar-refractivity contribution < 1.29 is 17.9 Å². The molecule has 1 aliphatic rings. The summed E-state index contributed by atoms with van der Waals surface area (Å²) in [6.45, 7) is 3.48. The van der Waals surface area contributed by atoms with Gasteiger partial charge in [0.1, 0.15) is 5.75 Å². The topological polar surface area (TPSA) is 71.8 Å². The number of methoxy groups -OCH3 is 1. The molecular formula is C23H23BrCl3N3O4S. The number of aromatic nitrogens is 1. The molecule has 0 bridgehead atoms. The Balaban J connectivity index is 1.70. The van der Waals surface area contributed by atoms with Crippen LogP contribution in [0.15, 0.2) is 52.0 Å². The Bertz CT molecular complexity index is 1380. The number of rotatable bonds is 5. The van der Waals surface area contributed by atoms with Crippen molar-refractivity contribution in [2.75, 3.05) is 38.2 Å². The maximum Gasteiger partial charge on any atom is 0.274 e. The van der Waals surface area contributed by atoms with Crippen molar-refractivity contribution in [3.8, 4) is 5.75 Å². The summed E-state index contributed by atoms with van der Waals surface area (Å²) in [6, 6.07) is 10.4. The molecule has 2 heterocycles. The lowest BCUT2D eigenvalue weighted by atomic mass is 10.1. The minimum absolute atomic E-state index is 0.132. The summed E-state index contributed by atoms with van der Waals surface area (Å²) in [6.07, 6.45) is 2.38. The lowest BCUT2D eigenvalue weighted by molar-refractivity contribution is -0.130. The first-order valence-corrected chi connectivity index (χ1v) is 14.2. The van der Waals surface area contributed by atoms with Crippen molar-refractivity contribution in [1.29, 1.82) is 0 Å². The van der Waals surface area contributed by atoms with Crippen LogP contribution >= 0.6 is 50.7 Å². The number of benzene rings is 2. The standard InChI is InChI=1S/C23H23BrCl3N3O4S/c1-3-15-14-30(19-12-16(24)4-6-18(15)19)35(32,33)17-5-7-21(34-2)20(13-17)28-8-10-29(11-9-28)22(31)23(25,26)27/h4-7,12-14H,3,8-11H2,1-2H3.